The number of amides is 2. The number of hydrogen-bond acceptors (Lipinski definition) is 5. The van der Waals surface area contributed by atoms with Crippen LogP contribution in [0.2, 0.25) is 0 Å². The second kappa shape index (κ2) is 9.34. The van der Waals surface area contributed by atoms with Gasteiger partial charge in [-0.25, -0.2) is 0 Å². The van der Waals surface area contributed by atoms with Crippen molar-refractivity contribution in [3.05, 3.63) is 24.3 Å². The van der Waals surface area contributed by atoms with E-state index in [-0.39, 0.29) is 43.0 Å². The van der Waals surface area contributed by atoms with Crippen LogP contribution in [-0.2, 0) is 14.3 Å². The summed E-state index contributed by atoms with van der Waals surface area (Å²) < 4.78 is 10.7. The summed E-state index contributed by atoms with van der Waals surface area (Å²) in [5.41, 5.74) is 0.664. The maximum atomic E-state index is 12.2. The first kappa shape index (κ1) is 19.2. The highest BCUT2D eigenvalue weighted by atomic mass is 35.5. The Morgan fingerprint density at radius 1 is 1.35 bits per heavy atom. The van der Waals surface area contributed by atoms with Crippen molar-refractivity contribution in [2.45, 2.75) is 19.1 Å². The highest BCUT2D eigenvalue weighted by Gasteiger charge is 2.28. The Balaban J connectivity index is 0.00000264. The minimum atomic E-state index is -0.363. The van der Waals surface area contributed by atoms with Crippen LogP contribution in [-0.4, -0.2) is 50.8 Å². The van der Waals surface area contributed by atoms with Crippen LogP contribution in [0.25, 0.3) is 0 Å². The summed E-state index contributed by atoms with van der Waals surface area (Å²) in [4.78, 5) is 23.3. The Labute approximate surface area is 141 Å². The number of morpholine rings is 1. The third-order valence-corrected chi connectivity index (χ3v) is 3.37. The molecule has 1 aromatic carbocycles. The van der Waals surface area contributed by atoms with Gasteiger partial charge in [-0.3, -0.25) is 9.59 Å². The summed E-state index contributed by atoms with van der Waals surface area (Å²) in [5, 5.41) is 8.44. The second-order valence-electron chi connectivity index (χ2n) is 4.98. The average Bonchev–Trinajstić information content (AvgIpc) is 2.54. The molecule has 1 aliphatic rings. The van der Waals surface area contributed by atoms with E-state index in [1.54, 1.807) is 31.3 Å². The zero-order valence-corrected chi connectivity index (χ0v) is 13.9. The van der Waals surface area contributed by atoms with Gasteiger partial charge in [0.2, 0.25) is 5.91 Å². The lowest BCUT2D eigenvalue weighted by atomic mass is 10.1. The van der Waals surface area contributed by atoms with Crippen molar-refractivity contribution in [3.63, 3.8) is 0 Å². The van der Waals surface area contributed by atoms with Gasteiger partial charge in [0.05, 0.1) is 12.7 Å². The van der Waals surface area contributed by atoms with Crippen LogP contribution in [0.3, 0.4) is 0 Å². The predicted octanol–water partition coefficient (Wildman–Crippen LogP) is 0.549. The van der Waals surface area contributed by atoms with Crippen LogP contribution in [0.5, 0.6) is 5.75 Å². The molecular weight excluding hydrogens is 322 g/mol. The van der Waals surface area contributed by atoms with E-state index in [0.29, 0.717) is 24.6 Å². The van der Waals surface area contributed by atoms with Gasteiger partial charge in [-0.2, -0.15) is 0 Å². The van der Waals surface area contributed by atoms with Gasteiger partial charge in [-0.15, -0.1) is 12.4 Å². The van der Waals surface area contributed by atoms with Gasteiger partial charge in [0, 0.05) is 19.3 Å². The number of carbonyl (C=O) groups is 2. The molecule has 7 nitrogen and oxygen atoms in total. The molecule has 0 unspecified atom stereocenters. The number of halogens is 1. The van der Waals surface area contributed by atoms with Gasteiger partial charge in [0.1, 0.15) is 11.8 Å². The molecule has 2 rings (SSSR count). The fourth-order valence-corrected chi connectivity index (χ4v) is 2.10. The molecule has 0 spiro atoms. The van der Waals surface area contributed by atoms with Crippen molar-refractivity contribution in [3.8, 4) is 5.75 Å². The van der Waals surface area contributed by atoms with Gasteiger partial charge < -0.3 is 25.4 Å². The van der Waals surface area contributed by atoms with Crippen molar-refractivity contribution in [2.24, 2.45) is 0 Å². The standard InChI is InChI=1S/C15H21N3O4.ClH/c1-10-14(17-7-8-21-10)15(20)18-11-3-5-12(6-4-11)22-9-13(19)16-2;/h3-6,10,14,17H,7-9H2,1-2H3,(H,16,19)(H,18,20);1H/t10-,14+;/m1./s1. The molecule has 1 saturated heterocycles. The van der Waals surface area contributed by atoms with Gasteiger partial charge in [-0.1, -0.05) is 0 Å². The molecule has 1 aromatic rings. The van der Waals surface area contributed by atoms with Crippen molar-refractivity contribution in [1.29, 1.82) is 0 Å². The number of anilines is 1. The predicted molar refractivity (Wildman–Crippen MR) is 89.1 cm³/mol. The minimum Gasteiger partial charge on any atom is -0.484 e. The van der Waals surface area contributed by atoms with Gasteiger partial charge in [-0.05, 0) is 31.2 Å². The van der Waals surface area contributed by atoms with E-state index >= 15 is 0 Å². The van der Waals surface area contributed by atoms with E-state index in [0.717, 1.165) is 0 Å². The first-order chi connectivity index (χ1) is 10.6. The van der Waals surface area contributed by atoms with Gasteiger partial charge in [0.25, 0.3) is 5.91 Å². The Kier molecular flexibility index (Phi) is 7.80. The van der Waals surface area contributed by atoms with E-state index in [4.69, 9.17) is 9.47 Å². The summed E-state index contributed by atoms with van der Waals surface area (Å²) in [5.74, 6) is 0.232. The zero-order valence-electron chi connectivity index (χ0n) is 13.1. The van der Waals surface area contributed by atoms with E-state index in [2.05, 4.69) is 16.0 Å². The largest absolute Gasteiger partial charge is 0.484 e. The Hall–Kier alpha value is -1.83. The number of rotatable bonds is 5. The summed E-state index contributed by atoms with van der Waals surface area (Å²) in [6, 6.07) is 6.49. The van der Waals surface area contributed by atoms with Crippen molar-refractivity contribution in [2.75, 3.05) is 32.1 Å². The number of nitrogens with one attached hydrogen (secondary N) is 3. The molecule has 23 heavy (non-hydrogen) atoms. The SMILES string of the molecule is CNC(=O)COc1ccc(NC(=O)[C@H]2NCCO[C@@H]2C)cc1.Cl. The number of likely N-dealkylation sites (N-methyl/N-ethyl adjacent to an activating group) is 1. The molecule has 2 amide bonds. The zero-order chi connectivity index (χ0) is 15.9. The third-order valence-electron chi connectivity index (χ3n) is 3.37. The van der Waals surface area contributed by atoms with E-state index < -0.39 is 0 Å². The molecular formula is C15H22ClN3O4. The second-order valence-corrected chi connectivity index (χ2v) is 4.98. The molecule has 8 heteroatoms. The summed E-state index contributed by atoms with van der Waals surface area (Å²) in [7, 11) is 1.55. The molecule has 0 saturated carbocycles. The monoisotopic (exact) mass is 343 g/mol. The molecule has 0 aliphatic carbocycles. The highest BCUT2D eigenvalue weighted by Crippen LogP contribution is 2.16. The van der Waals surface area contributed by atoms with Crippen LogP contribution in [0, 0.1) is 0 Å². The van der Waals surface area contributed by atoms with Crippen LogP contribution >= 0.6 is 12.4 Å². The fraction of sp³-hybridized carbons (Fsp3) is 0.467. The molecule has 1 fully saturated rings. The summed E-state index contributed by atoms with van der Waals surface area (Å²) >= 11 is 0. The average molecular weight is 344 g/mol. The summed E-state index contributed by atoms with van der Waals surface area (Å²) in [6.45, 7) is 3.10. The fourth-order valence-electron chi connectivity index (χ4n) is 2.10. The van der Waals surface area contributed by atoms with Crippen LogP contribution < -0.4 is 20.7 Å². The first-order valence-electron chi connectivity index (χ1n) is 7.19. The van der Waals surface area contributed by atoms with Crippen molar-refractivity contribution < 1.29 is 19.1 Å². The molecule has 3 N–H and O–H groups in total. The number of hydrogen-bond donors (Lipinski definition) is 3. The topological polar surface area (TPSA) is 88.7 Å². The lowest BCUT2D eigenvalue weighted by molar-refractivity contribution is -0.124. The Morgan fingerprint density at radius 3 is 2.65 bits per heavy atom. The molecule has 1 aliphatic heterocycles. The van der Waals surface area contributed by atoms with Crippen LogP contribution in [0.1, 0.15) is 6.92 Å². The van der Waals surface area contributed by atoms with E-state index in [1.807, 2.05) is 6.92 Å². The summed E-state index contributed by atoms with van der Waals surface area (Å²) in [6.07, 6.45) is -0.163. The number of ether oxygens (including phenoxy) is 2. The quantitative estimate of drug-likeness (QED) is 0.726. The van der Waals surface area contributed by atoms with Crippen molar-refractivity contribution in [1.82, 2.24) is 10.6 Å². The maximum Gasteiger partial charge on any atom is 0.257 e. The normalized spacial score (nSPS) is 20.1. The van der Waals surface area contributed by atoms with E-state index in [1.165, 1.54) is 0 Å². The minimum absolute atomic E-state index is 0. The van der Waals surface area contributed by atoms with Crippen LogP contribution in [0.15, 0.2) is 24.3 Å². The lowest BCUT2D eigenvalue weighted by Crippen LogP contribution is -2.53. The first-order valence-corrected chi connectivity index (χ1v) is 7.19. The van der Waals surface area contributed by atoms with Gasteiger partial charge >= 0.3 is 0 Å². The number of carbonyl (C=O) groups excluding carboxylic acids is 2. The van der Waals surface area contributed by atoms with Gasteiger partial charge in [0.15, 0.2) is 6.61 Å². The maximum absolute atomic E-state index is 12.2. The third kappa shape index (κ3) is 5.70. The smallest absolute Gasteiger partial charge is 0.257 e. The van der Waals surface area contributed by atoms with E-state index in [9.17, 15) is 9.59 Å². The number of benzene rings is 1. The lowest BCUT2D eigenvalue weighted by Gasteiger charge is -2.29. The molecule has 1 heterocycles. The molecule has 128 valence electrons. The highest BCUT2D eigenvalue weighted by molar-refractivity contribution is 5.95. The molecule has 0 radical (unpaired) electrons. The molecule has 0 aromatic heterocycles. The molecule has 2 atom stereocenters. The Bertz CT molecular complexity index is 524. The van der Waals surface area contributed by atoms with Crippen LogP contribution in [0.4, 0.5) is 5.69 Å². The Morgan fingerprint density at radius 2 is 2.04 bits per heavy atom. The molecule has 0 bridgehead atoms. The van der Waals surface area contributed by atoms with Crippen molar-refractivity contribution >= 4 is 29.9 Å².